The number of rotatable bonds is 10. The SMILES string of the molecule is C=IC(Oc1cc(N2C[C@H](C)N(c3ccccc3)C2=O)ccc1CN1CCC[C@H]([C@](C)(O)CO)C1)I=C. The van der Waals surface area contributed by atoms with Crippen LogP contribution in [0.2, 0.25) is 0 Å². The number of hydrogen-bond donors (Lipinski definition) is 2. The fourth-order valence-corrected chi connectivity index (χ4v) is 7.86. The Balaban J connectivity index is 1.59. The van der Waals surface area contributed by atoms with Crippen LogP contribution in [0.3, 0.4) is 0 Å². The van der Waals surface area contributed by atoms with Crippen LogP contribution in [-0.4, -0.2) is 70.2 Å². The van der Waals surface area contributed by atoms with Crippen LogP contribution in [0.5, 0.6) is 5.75 Å². The summed E-state index contributed by atoms with van der Waals surface area (Å²) in [5.41, 5.74) is 1.71. The first-order valence-corrected chi connectivity index (χ1v) is 18.1. The average molecular weight is 733 g/mol. The van der Waals surface area contributed by atoms with Crippen LogP contribution in [0.15, 0.2) is 48.5 Å². The van der Waals surface area contributed by atoms with Crippen molar-refractivity contribution in [2.75, 3.05) is 36.0 Å². The van der Waals surface area contributed by atoms with Gasteiger partial charge in [0.1, 0.15) is 5.75 Å². The molecule has 202 valence electrons. The molecule has 2 fully saturated rings. The van der Waals surface area contributed by atoms with Crippen molar-refractivity contribution in [3.8, 4) is 5.75 Å². The molecule has 2 aromatic rings. The minimum Gasteiger partial charge on any atom is -0.471 e. The molecule has 3 atom stereocenters. The van der Waals surface area contributed by atoms with Gasteiger partial charge in [-0.15, -0.1) is 0 Å². The van der Waals surface area contributed by atoms with E-state index < -0.39 is 5.60 Å². The number of likely N-dealkylation sites (tertiary alicyclic amines) is 1. The molecule has 2 aliphatic heterocycles. The van der Waals surface area contributed by atoms with E-state index in [1.165, 1.54) is 0 Å². The van der Waals surface area contributed by atoms with Gasteiger partial charge in [-0.05, 0) is 51.4 Å². The van der Waals surface area contributed by atoms with Gasteiger partial charge in [-0.25, -0.2) is 4.79 Å². The van der Waals surface area contributed by atoms with Gasteiger partial charge >= 0.3 is 6.03 Å². The summed E-state index contributed by atoms with van der Waals surface area (Å²) in [6.07, 6.45) is 1.88. The smallest absolute Gasteiger partial charge is 0.329 e. The molecule has 4 rings (SSSR count). The summed E-state index contributed by atoms with van der Waals surface area (Å²) in [6.45, 7) is 6.49. The third kappa shape index (κ3) is 6.60. The lowest BCUT2D eigenvalue weighted by molar-refractivity contribution is -0.0697. The lowest BCUT2D eigenvalue weighted by Gasteiger charge is -2.39. The summed E-state index contributed by atoms with van der Waals surface area (Å²) in [5.74, 6) is 0.815. The molecule has 0 saturated carbocycles. The standard InChI is InChI=1S/C28H37I2N3O4/c1-20-16-32(27(35)33(20)23-10-6-5-7-11-23)24-13-12-21(25(15-24)37-26(29-3)30-4)17-31-14-8-9-22(18-31)28(2,36)19-34/h5-7,10-13,15,20,22,26,34,36H,3-4,8-9,14,16-19H2,1-2H3/t20-,22-,28+/m0/s1. The Kier molecular flexibility index (Phi) is 9.76. The van der Waals surface area contributed by atoms with Crippen LogP contribution >= 0.6 is 41.5 Å². The number of benzene rings is 2. The molecule has 2 heterocycles. The number of halogens is 2. The van der Waals surface area contributed by atoms with Crippen molar-refractivity contribution in [3.63, 3.8) is 0 Å². The molecule has 9 heteroatoms. The Morgan fingerprint density at radius 2 is 1.86 bits per heavy atom. The van der Waals surface area contributed by atoms with E-state index in [0.29, 0.717) is 13.1 Å². The number of aliphatic hydroxyl groups excluding tert-OH is 1. The quantitative estimate of drug-likeness (QED) is 0.268. The zero-order chi connectivity index (χ0) is 26.6. The van der Waals surface area contributed by atoms with Crippen molar-refractivity contribution >= 4 is 67.9 Å². The average Bonchev–Trinajstić information content (AvgIpc) is 3.22. The summed E-state index contributed by atoms with van der Waals surface area (Å²) >= 11 is -0.736. The van der Waals surface area contributed by atoms with Gasteiger partial charge in [-0.3, -0.25) is 14.7 Å². The predicted molar refractivity (Wildman–Crippen MR) is 170 cm³/mol. The van der Waals surface area contributed by atoms with E-state index in [-0.39, 0.29) is 68.2 Å². The lowest BCUT2D eigenvalue weighted by Crippen LogP contribution is -2.47. The molecule has 0 bridgehead atoms. The monoisotopic (exact) mass is 733 g/mol. The van der Waals surface area contributed by atoms with Crippen molar-refractivity contribution in [1.82, 2.24) is 4.90 Å². The third-order valence-corrected chi connectivity index (χ3v) is 13.6. The van der Waals surface area contributed by atoms with E-state index >= 15 is 0 Å². The summed E-state index contributed by atoms with van der Waals surface area (Å²) in [4.78, 5) is 19.5. The number of carbonyl (C=O) groups excluding carboxylic acids is 1. The minimum atomic E-state index is -1.08. The van der Waals surface area contributed by atoms with Crippen LogP contribution in [-0.2, 0) is 6.54 Å². The number of anilines is 2. The molecule has 2 saturated heterocycles. The Morgan fingerprint density at radius 1 is 1.14 bits per heavy atom. The molecule has 7 nitrogen and oxygen atoms in total. The number of alkyl halides is 2. The minimum absolute atomic E-state index is 0.0201. The summed E-state index contributed by atoms with van der Waals surface area (Å²) in [7, 11) is 0. The fourth-order valence-electron chi connectivity index (χ4n) is 5.14. The van der Waals surface area contributed by atoms with Gasteiger partial charge < -0.3 is 14.9 Å². The van der Waals surface area contributed by atoms with Crippen LogP contribution in [0, 0.1) is 5.92 Å². The summed E-state index contributed by atoms with van der Waals surface area (Å²) < 4.78 is 14.9. The number of nitrogens with zero attached hydrogens (tertiary/aromatic N) is 3. The van der Waals surface area contributed by atoms with Gasteiger partial charge in [0, 0.05) is 48.6 Å². The molecular formula is C28H37I2N3O4. The van der Waals surface area contributed by atoms with Crippen LogP contribution in [0.4, 0.5) is 16.2 Å². The summed E-state index contributed by atoms with van der Waals surface area (Å²) in [5, 5.41) is 20.3. The van der Waals surface area contributed by atoms with E-state index in [4.69, 9.17) is 4.74 Å². The second-order valence-corrected chi connectivity index (χ2v) is 16.4. The zero-order valence-corrected chi connectivity index (χ0v) is 25.8. The molecule has 2 aliphatic rings. The van der Waals surface area contributed by atoms with Gasteiger partial charge in [0.25, 0.3) is 0 Å². The number of amides is 2. The number of para-hydroxylation sites is 1. The first-order valence-electron chi connectivity index (χ1n) is 12.5. The highest BCUT2D eigenvalue weighted by atomic mass is 127. The van der Waals surface area contributed by atoms with Crippen LogP contribution in [0.1, 0.15) is 32.3 Å². The first kappa shape index (κ1) is 28.6. The predicted octanol–water partition coefficient (Wildman–Crippen LogP) is 4.94. The molecule has 0 unspecified atom stereocenters. The van der Waals surface area contributed by atoms with Gasteiger partial charge in [-0.2, -0.15) is 0 Å². The molecule has 0 spiro atoms. The topological polar surface area (TPSA) is 76.5 Å². The van der Waals surface area contributed by atoms with Gasteiger partial charge in [0.15, 0.2) is 2.12 Å². The number of ether oxygens (including phenoxy) is 1. The maximum Gasteiger partial charge on any atom is 0.329 e. The largest absolute Gasteiger partial charge is 0.471 e. The zero-order valence-electron chi connectivity index (χ0n) is 21.5. The second kappa shape index (κ2) is 12.6. The summed E-state index contributed by atoms with van der Waals surface area (Å²) in [6, 6.07) is 15.9. The Labute approximate surface area is 239 Å². The van der Waals surface area contributed by atoms with Gasteiger partial charge in [-0.1, -0.05) is 74.8 Å². The van der Waals surface area contributed by atoms with Gasteiger partial charge in [0.2, 0.25) is 0 Å². The highest BCUT2D eigenvalue weighted by Crippen LogP contribution is 2.36. The van der Waals surface area contributed by atoms with Crippen LogP contribution in [0.25, 0.3) is 0 Å². The first-order chi connectivity index (χ1) is 17.8. The highest BCUT2D eigenvalue weighted by Gasteiger charge is 2.37. The second-order valence-electron chi connectivity index (χ2n) is 10.0. The van der Waals surface area contributed by atoms with Crippen molar-refractivity contribution in [2.45, 2.75) is 47.0 Å². The van der Waals surface area contributed by atoms with Crippen molar-refractivity contribution in [1.29, 1.82) is 0 Å². The Bertz CT molecular complexity index is 1110. The number of carbonyl (C=O) groups is 1. The van der Waals surface area contributed by atoms with Crippen LogP contribution < -0.4 is 14.5 Å². The molecule has 2 aromatic carbocycles. The van der Waals surface area contributed by atoms with Crippen molar-refractivity contribution in [2.24, 2.45) is 5.92 Å². The van der Waals surface area contributed by atoms with E-state index in [0.717, 1.165) is 48.6 Å². The molecule has 2 amide bonds. The number of hydrogen-bond acceptors (Lipinski definition) is 5. The maximum absolute atomic E-state index is 13.5. The normalized spacial score (nSPS) is 22.5. The molecule has 0 radical (unpaired) electrons. The molecule has 37 heavy (non-hydrogen) atoms. The van der Waals surface area contributed by atoms with Crippen molar-refractivity contribution < 1.29 is 19.7 Å². The molecule has 2 N–H and O–H groups in total. The van der Waals surface area contributed by atoms with Gasteiger partial charge in [0.05, 0.1) is 18.2 Å². The molecule has 0 aromatic heterocycles. The fraction of sp³-hybridized carbons (Fsp3) is 0.464. The van der Waals surface area contributed by atoms with E-state index in [2.05, 4.69) is 26.9 Å². The molecular weight excluding hydrogens is 696 g/mol. The Morgan fingerprint density at radius 3 is 2.54 bits per heavy atom. The highest BCUT2D eigenvalue weighted by molar-refractivity contribution is 14.3. The number of piperidine rings is 1. The Hall–Kier alpha value is -1.41. The number of urea groups is 1. The number of aliphatic hydroxyl groups is 2. The van der Waals surface area contributed by atoms with E-state index in [1.54, 1.807) is 6.92 Å². The van der Waals surface area contributed by atoms with E-state index in [9.17, 15) is 15.0 Å². The lowest BCUT2D eigenvalue weighted by atomic mass is 9.83. The third-order valence-electron chi connectivity index (χ3n) is 7.28. The van der Waals surface area contributed by atoms with Crippen molar-refractivity contribution in [3.05, 3.63) is 54.1 Å². The van der Waals surface area contributed by atoms with E-state index in [1.807, 2.05) is 52.3 Å². The maximum atomic E-state index is 13.5. The molecule has 0 aliphatic carbocycles.